The van der Waals surface area contributed by atoms with Gasteiger partial charge < -0.3 is 19.7 Å². The summed E-state index contributed by atoms with van der Waals surface area (Å²) in [7, 11) is 2.68. The third-order valence-electron chi connectivity index (χ3n) is 1.82. The van der Waals surface area contributed by atoms with Crippen molar-refractivity contribution in [1.82, 2.24) is 0 Å². The van der Waals surface area contributed by atoms with Gasteiger partial charge in [0.1, 0.15) is 10.6 Å². The van der Waals surface area contributed by atoms with Crippen LogP contribution in [0.15, 0.2) is 6.07 Å². The first-order valence-electron chi connectivity index (χ1n) is 3.89. The Morgan fingerprint density at radius 1 is 1.40 bits per heavy atom. The van der Waals surface area contributed by atoms with Crippen LogP contribution >= 0.6 is 11.6 Å². The molecule has 0 amide bonds. The SMILES string of the molecule is COc1cc(C(=O)O)c(O)c(Cl)c1OC. The maximum atomic E-state index is 10.7. The molecule has 15 heavy (non-hydrogen) atoms. The molecular weight excluding hydrogens is 224 g/mol. The summed E-state index contributed by atoms with van der Waals surface area (Å²) in [5.41, 5.74) is -0.336. The van der Waals surface area contributed by atoms with Crippen LogP contribution in [-0.4, -0.2) is 30.4 Å². The quantitative estimate of drug-likeness (QED) is 0.831. The van der Waals surface area contributed by atoms with Crippen molar-refractivity contribution in [3.63, 3.8) is 0 Å². The molecule has 0 spiro atoms. The van der Waals surface area contributed by atoms with Gasteiger partial charge in [-0.05, 0) is 0 Å². The van der Waals surface area contributed by atoms with Crippen LogP contribution in [0.2, 0.25) is 5.02 Å². The van der Waals surface area contributed by atoms with Gasteiger partial charge in [0.05, 0.1) is 14.2 Å². The maximum absolute atomic E-state index is 10.7. The van der Waals surface area contributed by atoms with Crippen molar-refractivity contribution in [1.29, 1.82) is 0 Å². The Hall–Kier alpha value is -1.62. The molecule has 1 rings (SSSR count). The van der Waals surface area contributed by atoms with Gasteiger partial charge in [-0.2, -0.15) is 0 Å². The number of hydrogen-bond acceptors (Lipinski definition) is 4. The highest BCUT2D eigenvalue weighted by Crippen LogP contribution is 2.43. The van der Waals surface area contributed by atoms with Gasteiger partial charge in [-0.15, -0.1) is 0 Å². The minimum atomic E-state index is -1.30. The fourth-order valence-corrected chi connectivity index (χ4v) is 1.38. The minimum absolute atomic E-state index is 0.0988. The number of methoxy groups -OCH3 is 2. The summed E-state index contributed by atoms with van der Waals surface area (Å²) >= 11 is 5.71. The zero-order valence-electron chi connectivity index (χ0n) is 8.07. The molecule has 0 fully saturated rings. The van der Waals surface area contributed by atoms with Crippen LogP contribution in [0.3, 0.4) is 0 Å². The third kappa shape index (κ3) is 1.92. The first kappa shape index (κ1) is 11.5. The molecule has 0 saturated carbocycles. The van der Waals surface area contributed by atoms with Crippen molar-refractivity contribution in [2.75, 3.05) is 14.2 Å². The summed E-state index contributed by atoms with van der Waals surface area (Å²) in [6, 6.07) is 1.14. The minimum Gasteiger partial charge on any atom is -0.505 e. The topological polar surface area (TPSA) is 76.0 Å². The van der Waals surface area contributed by atoms with Gasteiger partial charge in [0.15, 0.2) is 17.2 Å². The smallest absolute Gasteiger partial charge is 0.339 e. The summed E-state index contributed by atoms with van der Waals surface area (Å²) in [5.74, 6) is -1.59. The van der Waals surface area contributed by atoms with E-state index in [2.05, 4.69) is 0 Å². The van der Waals surface area contributed by atoms with E-state index < -0.39 is 11.7 Å². The number of halogens is 1. The van der Waals surface area contributed by atoms with Crippen molar-refractivity contribution in [2.45, 2.75) is 0 Å². The Labute approximate surface area is 90.8 Å². The molecule has 0 bridgehead atoms. The summed E-state index contributed by atoms with van der Waals surface area (Å²) in [5, 5.41) is 18.0. The zero-order chi connectivity index (χ0) is 11.6. The number of aromatic carboxylic acids is 1. The van der Waals surface area contributed by atoms with Gasteiger partial charge >= 0.3 is 5.97 Å². The summed E-state index contributed by atoms with van der Waals surface area (Å²) in [4.78, 5) is 10.7. The Morgan fingerprint density at radius 3 is 2.40 bits per heavy atom. The van der Waals surface area contributed by atoms with E-state index in [-0.39, 0.29) is 22.1 Å². The normalized spacial score (nSPS) is 9.80. The van der Waals surface area contributed by atoms with Crippen LogP contribution in [-0.2, 0) is 0 Å². The molecule has 5 nitrogen and oxygen atoms in total. The van der Waals surface area contributed by atoms with Gasteiger partial charge in [0, 0.05) is 6.07 Å². The highest BCUT2D eigenvalue weighted by molar-refractivity contribution is 6.34. The number of hydrogen-bond donors (Lipinski definition) is 2. The highest BCUT2D eigenvalue weighted by Gasteiger charge is 2.21. The second-order valence-corrected chi connectivity index (χ2v) is 3.01. The lowest BCUT2D eigenvalue weighted by Gasteiger charge is -2.11. The van der Waals surface area contributed by atoms with Crippen LogP contribution in [0, 0.1) is 0 Å². The van der Waals surface area contributed by atoms with Gasteiger partial charge in [-0.1, -0.05) is 11.6 Å². The number of carboxylic acids is 1. The first-order valence-corrected chi connectivity index (χ1v) is 4.27. The van der Waals surface area contributed by atoms with Crippen LogP contribution in [0.1, 0.15) is 10.4 Å². The van der Waals surface area contributed by atoms with Crippen LogP contribution in [0.5, 0.6) is 17.2 Å². The Kier molecular flexibility index (Phi) is 3.26. The van der Waals surface area contributed by atoms with E-state index >= 15 is 0 Å². The average molecular weight is 233 g/mol. The number of aromatic hydroxyl groups is 1. The predicted octanol–water partition coefficient (Wildman–Crippen LogP) is 1.76. The van der Waals surface area contributed by atoms with Crippen molar-refractivity contribution in [3.05, 3.63) is 16.7 Å². The fourth-order valence-electron chi connectivity index (χ4n) is 1.10. The second kappa shape index (κ2) is 4.27. The molecule has 6 heteroatoms. The average Bonchev–Trinajstić information content (AvgIpc) is 2.21. The lowest BCUT2D eigenvalue weighted by molar-refractivity contribution is 0.0693. The van der Waals surface area contributed by atoms with E-state index in [0.29, 0.717) is 0 Å². The molecule has 0 atom stereocenters. The molecule has 0 heterocycles. The lowest BCUT2D eigenvalue weighted by atomic mass is 10.1. The first-order chi connectivity index (χ1) is 7.02. The number of rotatable bonds is 3. The van der Waals surface area contributed by atoms with Gasteiger partial charge in [-0.3, -0.25) is 0 Å². The standard InChI is InChI=1S/C9H9ClO5/c1-14-5-3-4(9(12)13)7(11)6(10)8(5)15-2/h3,11H,1-2H3,(H,12,13). The summed E-state index contributed by atoms with van der Waals surface area (Å²) in [6.07, 6.45) is 0. The number of phenols is 1. The summed E-state index contributed by atoms with van der Waals surface area (Å²) < 4.78 is 9.75. The number of benzene rings is 1. The Balaban J connectivity index is 3.49. The Bertz CT molecular complexity index is 402. The van der Waals surface area contributed by atoms with E-state index in [1.165, 1.54) is 14.2 Å². The third-order valence-corrected chi connectivity index (χ3v) is 2.17. The zero-order valence-corrected chi connectivity index (χ0v) is 8.83. The van der Waals surface area contributed by atoms with E-state index in [0.717, 1.165) is 6.07 Å². The van der Waals surface area contributed by atoms with Crippen molar-refractivity contribution >= 4 is 17.6 Å². The molecule has 0 unspecified atom stereocenters. The number of ether oxygens (including phenoxy) is 2. The fraction of sp³-hybridized carbons (Fsp3) is 0.222. The molecule has 0 aliphatic heterocycles. The van der Waals surface area contributed by atoms with E-state index in [1.807, 2.05) is 0 Å². The van der Waals surface area contributed by atoms with E-state index in [4.69, 9.17) is 26.2 Å². The van der Waals surface area contributed by atoms with Crippen LogP contribution < -0.4 is 9.47 Å². The highest BCUT2D eigenvalue weighted by atomic mass is 35.5. The molecule has 0 saturated heterocycles. The van der Waals surface area contributed by atoms with E-state index in [9.17, 15) is 9.90 Å². The maximum Gasteiger partial charge on any atom is 0.339 e. The predicted molar refractivity (Wildman–Crippen MR) is 53.2 cm³/mol. The molecule has 0 aromatic heterocycles. The molecule has 1 aromatic rings. The largest absolute Gasteiger partial charge is 0.505 e. The molecular formula is C9H9ClO5. The van der Waals surface area contributed by atoms with Gasteiger partial charge in [0.2, 0.25) is 0 Å². The Morgan fingerprint density at radius 2 is 2.00 bits per heavy atom. The molecule has 2 N–H and O–H groups in total. The lowest BCUT2D eigenvalue weighted by Crippen LogP contribution is -2.00. The molecule has 0 aliphatic carbocycles. The molecule has 0 radical (unpaired) electrons. The van der Waals surface area contributed by atoms with E-state index in [1.54, 1.807) is 0 Å². The van der Waals surface area contributed by atoms with Crippen LogP contribution in [0.4, 0.5) is 0 Å². The second-order valence-electron chi connectivity index (χ2n) is 2.63. The van der Waals surface area contributed by atoms with Gasteiger partial charge in [-0.25, -0.2) is 4.79 Å². The monoisotopic (exact) mass is 232 g/mol. The van der Waals surface area contributed by atoms with Gasteiger partial charge in [0.25, 0.3) is 0 Å². The number of carboxylic acid groups (broad SMARTS) is 1. The van der Waals surface area contributed by atoms with Crippen molar-refractivity contribution in [3.8, 4) is 17.2 Å². The van der Waals surface area contributed by atoms with Crippen molar-refractivity contribution < 1.29 is 24.5 Å². The molecule has 1 aromatic carbocycles. The molecule has 0 aliphatic rings. The number of carbonyl (C=O) groups is 1. The van der Waals surface area contributed by atoms with Crippen molar-refractivity contribution in [2.24, 2.45) is 0 Å². The summed E-state index contributed by atoms with van der Waals surface area (Å²) in [6.45, 7) is 0. The van der Waals surface area contributed by atoms with Crippen LogP contribution in [0.25, 0.3) is 0 Å². The molecule has 82 valence electrons.